The molecule has 1 aliphatic rings. The molecule has 0 fully saturated rings. The first-order valence-electron chi connectivity index (χ1n) is 14.0. The van der Waals surface area contributed by atoms with Gasteiger partial charge in [-0.05, 0) is 87.8 Å². The third kappa shape index (κ3) is 8.47. The Balaban J connectivity index is 1.80. The third-order valence-electron chi connectivity index (χ3n) is 8.16. The lowest BCUT2D eigenvalue weighted by Crippen LogP contribution is -2.37. The standard InChI is InChI=1S/C31H54O3/c1-22(2)13-10-14-23(3)15-11-16-24(4)17-12-19-31(8)20-18-28-27(7)29(33-21-32-9)25(5)26(6)30(28)34-31/h22-24H,10-21H2,1-9H3. The Bertz CT molecular complexity index is 754. The monoisotopic (exact) mass is 474 g/mol. The summed E-state index contributed by atoms with van der Waals surface area (Å²) in [4.78, 5) is 0. The Kier molecular flexibility index (Phi) is 11.7. The molecule has 1 heterocycles. The summed E-state index contributed by atoms with van der Waals surface area (Å²) in [5, 5.41) is 0. The van der Waals surface area contributed by atoms with Crippen LogP contribution in [0.3, 0.4) is 0 Å². The molecule has 3 nitrogen and oxygen atoms in total. The van der Waals surface area contributed by atoms with Crippen molar-refractivity contribution in [2.45, 2.75) is 132 Å². The molecule has 1 aliphatic heterocycles. The molecule has 34 heavy (non-hydrogen) atoms. The van der Waals surface area contributed by atoms with Crippen LogP contribution < -0.4 is 9.47 Å². The van der Waals surface area contributed by atoms with E-state index in [2.05, 4.69) is 55.4 Å². The molecule has 2 rings (SSSR count). The summed E-state index contributed by atoms with van der Waals surface area (Å²) in [6.07, 6.45) is 14.2. The highest BCUT2D eigenvalue weighted by Gasteiger charge is 2.34. The number of methoxy groups -OCH3 is 1. The van der Waals surface area contributed by atoms with Gasteiger partial charge in [-0.1, -0.05) is 72.6 Å². The quantitative estimate of drug-likeness (QED) is 0.237. The Morgan fingerprint density at radius 2 is 1.41 bits per heavy atom. The highest BCUT2D eigenvalue weighted by molar-refractivity contribution is 5.59. The summed E-state index contributed by atoms with van der Waals surface area (Å²) in [5.74, 6) is 4.62. The van der Waals surface area contributed by atoms with Gasteiger partial charge >= 0.3 is 0 Å². The fraction of sp³-hybridized carbons (Fsp3) is 0.806. The Morgan fingerprint density at radius 1 is 0.824 bits per heavy atom. The van der Waals surface area contributed by atoms with E-state index in [1.54, 1.807) is 7.11 Å². The third-order valence-corrected chi connectivity index (χ3v) is 8.16. The topological polar surface area (TPSA) is 27.7 Å². The zero-order chi connectivity index (χ0) is 25.3. The van der Waals surface area contributed by atoms with Crippen molar-refractivity contribution >= 4 is 0 Å². The zero-order valence-corrected chi connectivity index (χ0v) is 23.9. The van der Waals surface area contributed by atoms with Crippen LogP contribution in [0.4, 0.5) is 0 Å². The zero-order valence-electron chi connectivity index (χ0n) is 23.9. The number of hydrogen-bond donors (Lipinski definition) is 0. The van der Waals surface area contributed by atoms with Crippen LogP contribution in [0.2, 0.25) is 0 Å². The summed E-state index contributed by atoms with van der Waals surface area (Å²) in [6.45, 7) is 18.6. The van der Waals surface area contributed by atoms with Gasteiger partial charge in [-0.15, -0.1) is 0 Å². The van der Waals surface area contributed by atoms with Crippen LogP contribution in [0.25, 0.3) is 0 Å². The van der Waals surface area contributed by atoms with Crippen LogP contribution >= 0.6 is 0 Å². The minimum atomic E-state index is -0.0593. The molecular weight excluding hydrogens is 420 g/mol. The van der Waals surface area contributed by atoms with Crippen LogP contribution in [0.1, 0.15) is 121 Å². The molecular formula is C31H54O3. The Hall–Kier alpha value is -1.22. The van der Waals surface area contributed by atoms with E-state index in [4.69, 9.17) is 14.2 Å². The van der Waals surface area contributed by atoms with Gasteiger partial charge in [0.15, 0.2) is 6.79 Å². The Labute approximate surface area is 211 Å². The molecule has 0 spiro atoms. The second-order valence-electron chi connectivity index (χ2n) is 12.0. The van der Waals surface area contributed by atoms with Crippen molar-refractivity contribution < 1.29 is 14.2 Å². The van der Waals surface area contributed by atoms with Crippen LogP contribution in [-0.4, -0.2) is 19.5 Å². The van der Waals surface area contributed by atoms with Gasteiger partial charge in [-0.25, -0.2) is 0 Å². The van der Waals surface area contributed by atoms with Gasteiger partial charge in [0.2, 0.25) is 0 Å². The molecule has 3 heteroatoms. The highest BCUT2D eigenvalue weighted by atomic mass is 16.7. The minimum absolute atomic E-state index is 0.0593. The summed E-state index contributed by atoms with van der Waals surface area (Å²) < 4.78 is 17.8. The van der Waals surface area contributed by atoms with Crippen molar-refractivity contribution in [2.75, 3.05) is 13.9 Å². The van der Waals surface area contributed by atoms with Crippen molar-refractivity contribution in [3.63, 3.8) is 0 Å². The van der Waals surface area contributed by atoms with E-state index in [0.29, 0.717) is 0 Å². The van der Waals surface area contributed by atoms with Gasteiger partial charge in [-0.3, -0.25) is 0 Å². The maximum Gasteiger partial charge on any atom is 0.188 e. The first-order chi connectivity index (χ1) is 16.1. The van der Waals surface area contributed by atoms with E-state index in [-0.39, 0.29) is 12.4 Å². The number of hydrogen-bond acceptors (Lipinski definition) is 3. The number of benzene rings is 1. The fourth-order valence-electron chi connectivity index (χ4n) is 5.59. The lowest BCUT2D eigenvalue weighted by atomic mass is 9.83. The summed E-state index contributed by atoms with van der Waals surface area (Å²) >= 11 is 0. The molecule has 0 saturated heterocycles. The largest absolute Gasteiger partial charge is 0.487 e. The van der Waals surface area contributed by atoms with E-state index in [9.17, 15) is 0 Å². The maximum atomic E-state index is 6.73. The van der Waals surface area contributed by atoms with E-state index in [1.165, 1.54) is 73.6 Å². The van der Waals surface area contributed by atoms with Gasteiger partial charge < -0.3 is 14.2 Å². The molecule has 0 aromatic heterocycles. The van der Waals surface area contributed by atoms with Crippen LogP contribution in [-0.2, 0) is 11.2 Å². The second-order valence-corrected chi connectivity index (χ2v) is 12.0. The molecule has 3 unspecified atom stereocenters. The lowest BCUT2D eigenvalue weighted by molar-refractivity contribution is 0.0450. The first kappa shape index (κ1) is 29.0. The number of rotatable bonds is 15. The molecule has 0 amide bonds. The molecule has 0 N–H and O–H groups in total. The molecule has 0 bridgehead atoms. The molecule has 0 radical (unpaired) electrons. The van der Waals surface area contributed by atoms with Gasteiger partial charge in [-0.2, -0.15) is 0 Å². The molecule has 0 aliphatic carbocycles. The lowest BCUT2D eigenvalue weighted by Gasteiger charge is -2.38. The Morgan fingerprint density at radius 3 is 2.00 bits per heavy atom. The predicted octanol–water partition coefficient (Wildman–Crippen LogP) is 9.12. The van der Waals surface area contributed by atoms with Crippen LogP contribution in [0.5, 0.6) is 11.5 Å². The molecule has 3 atom stereocenters. The van der Waals surface area contributed by atoms with Crippen molar-refractivity contribution in [3.05, 3.63) is 22.3 Å². The van der Waals surface area contributed by atoms with E-state index >= 15 is 0 Å². The number of fused-ring (bicyclic) bond motifs is 1. The molecule has 0 saturated carbocycles. The van der Waals surface area contributed by atoms with Crippen molar-refractivity contribution in [1.29, 1.82) is 0 Å². The molecule has 1 aromatic carbocycles. The average molecular weight is 475 g/mol. The van der Waals surface area contributed by atoms with Crippen molar-refractivity contribution in [2.24, 2.45) is 17.8 Å². The first-order valence-corrected chi connectivity index (χ1v) is 14.0. The van der Waals surface area contributed by atoms with Gasteiger partial charge in [0, 0.05) is 12.7 Å². The highest BCUT2D eigenvalue weighted by Crippen LogP contribution is 2.45. The normalized spacial score (nSPS) is 19.6. The smallest absolute Gasteiger partial charge is 0.188 e. The van der Waals surface area contributed by atoms with E-state index in [1.807, 2.05) is 0 Å². The molecule has 1 aromatic rings. The van der Waals surface area contributed by atoms with E-state index < -0.39 is 0 Å². The average Bonchev–Trinajstić information content (AvgIpc) is 2.77. The summed E-state index contributed by atoms with van der Waals surface area (Å²) in [7, 11) is 1.67. The second kappa shape index (κ2) is 13.8. The minimum Gasteiger partial charge on any atom is -0.487 e. The van der Waals surface area contributed by atoms with Crippen LogP contribution in [0, 0.1) is 38.5 Å². The maximum absolute atomic E-state index is 6.73. The molecule has 196 valence electrons. The van der Waals surface area contributed by atoms with Gasteiger partial charge in [0.05, 0.1) is 0 Å². The number of ether oxygens (including phenoxy) is 3. The van der Waals surface area contributed by atoms with Crippen LogP contribution in [0.15, 0.2) is 0 Å². The summed E-state index contributed by atoms with van der Waals surface area (Å²) in [6, 6.07) is 0. The SMILES string of the molecule is COCOc1c(C)c(C)c2c(c1C)CCC(C)(CCCC(C)CCCC(C)CCCC(C)C)O2. The van der Waals surface area contributed by atoms with Gasteiger partial charge in [0.1, 0.15) is 17.1 Å². The fourth-order valence-corrected chi connectivity index (χ4v) is 5.59. The van der Waals surface area contributed by atoms with Crippen molar-refractivity contribution in [1.82, 2.24) is 0 Å². The van der Waals surface area contributed by atoms with Crippen molar-refractivity contribution in [3.8, 4) is 11.5 Å². The predicted molar refractivity (Wildman–Crippen MR) is 145 cm³/mol. The summed E-state index contributed by atoms with van der Waals surface area (Å²) in [5.41, 5.74) is 4.86. The van der Waals surface area contributed by atoms with Gasteiger partial charge in [0.25, 0.3) is 0 Å². The van der Waals surface area contributed by atoms with E-state index in [0.717, 1.165) is 48.5 Å².